The van der Waals surface area contributed by atoms with Crippen molar-refractivity contribution in [1.82, 2.24) is 15.1 Å². The average molecular weight is 274 g/mol. The Morgan fingerprint density at radius 3 is 2.50 bits per heavy atom. The monoisotopic (exact) mass is 274 g/mol. The molecule has 1 rings (SSSR count). The quantitative estimate of drug-likeness (QED) is 0.801. The van der Waals surface area contributed by atoms with Crippen LogP contribution in [0.5, 0.6) is 0 Å². The van der Waals surface area contributed by atoms with Gasteiger partial charge in [-0.2, -0.15) is 5.10 Å². The summed E-state index contributed by atoms with van der Waals surface area (Å²) in [6, 6.07) is 0. The summed E-state index contributed by atoms with van der Waals surface area (Å²) >= 11 is 0. The van der Waals surface area contributed by atoms with Crippen molar-refractivity contribution in [2.24, 2.45) is 5.14 Å². The number of aromatic amines is 1. The van der Waals surface area contributed by atoms with E-state index in [0.29, 0.717) is 13.1 Å². The highest BCUT2D eigenvalue weighted by Crippen LogP contribution is 2.17. The SMILES string of the molecule is CCCN(CC)C(=O)c1n[nH]c(C)c1S(N)(=O)=O. The van der Waals surface area contributed by atoms with Crippen molar-refractivity contribution in [3.05, 3.63) is 11.4 Å². The molecule has 0 aliphatic rings. The standard InChI is InChI=1S/C10H18N4O3S/c1-4-6-14(5-2)10(15)8-9(18(11,16)17)7(3)12-13-8/h4-6H2,1-3H3,(H,12,13)(H2,11,16,17). The van der Waals surface area contributed by atoms with Crippen LogP contribution in [0.25, 0.3) is 0 Å². The maximum atomic E-state index is 12.2. The summed E-state index contributed by atoms with van der Waals surface area (Å²) in [6.07, 6.45) is 0.785. The van der Waals surface area contributed by atoms with Crippen molar-refractivity contribution in [3.8, 4) is 0 Å². The lowest BCUT2D eigenvalue weighted by Gasteiger charge is -2.19. The fourth-order valence-electron chi connectivity index (χ4n) is 1.73. The molecule has 3 N–H and O–H groups in total. The normalized spacial score (nSPS) is 11.6. The van der Waals surface area contributed by atoms with Gasteiger partial charge in [0.1, 0.15) is 4.90 Å². The fraction of sp³-hybridized carbons (Fsp3) is 0.600. The number of nitrogens with two attached hydrogens (primary N) is 1. The number of amides is 1. The first-order chi connectivity index (χ1) is 8.32. The van der Waals surface area contributed by atoms with Gasteiger partial charge in [-0.1, -0.05) is 6.92 Å². The number of hydrogen-bond donors (Lipinski definition) is 2. The van der Waals surface area contributed by atoms with E-state index in [1.165, 1.54) is 11.8 Å². The van der Waals surface area contributed by atoms with E-state index in [4.69, 9.17) is 5.14 Å². The number of aryl methyl sites for hydroxylation is 1. The van der Waals surface area contributed by atoms with E-state index in [1.807, 2.05) is 13.8 Å². The van der Waals surface area contributed by atoms with E-state index < -0.39 is 15.9 Å². The molecule has 0 aromatic carbocycles. The molecule has 0 unspecified atom stereocenters. The van der Waals surface area contributed by atoms with E-state index in [2.05, 4.69) is 10.2 Å². The number of hydrogen-bond acceptors (Lipinski definition) is 4. The highest BCUT2D eigenvalue weighted by atomic mass is 32.2. The minimum atomic E-state index is -3.96. The first-order valence-electron chi connectivity index (χ1n) is 5.69. The Hall–Kier alpha value is -1.41. The zero-order valence-electron chi connectivity index (χ0n) is 10.7. The van der Waals surface area contributed by atoms with E-state index in [9.17, 15) is 13.2 Å². The second kappa shape index (κ2) is 5.49. The predicted octanol–water partition coefficient (Wildman–Crippen LogP) is 0.238. The summed E-state index contributed by atoms with van der Waals surface area (Å²) in [7, 11) is -3.96. The van der Waals surface area contributed by atoms with Gasteiger partial charge in [0.05, 0.1) is 5.69 Å². The maximum Gasteiger partial charge on any atom is 0.275 e. The second-order valence-electron chi connectivity index (χ2n) is 3.96. The van der Waals surface area contributed by atoms with Crippen LogP contribution in [-0.4, -0.2) is 42.5 Å². The number of nitrogens with zero attached hydrogens (tertiary/aromatic N) is 2. The number of nitrogens with one attached hydrogen (secondary N) is 1. The lowest BCUT2D eigenvalue weighted by Crippen LogP contribution is -2.33. The third-order valence-electron chi connectivity index (χ3n) is 2.54. The highest BCUT2D eigenvalue weighted by Gasteiger charge is 2.27. The van der Waals surface area contributed by atoms with Gasteiger partial charge in [0, 0.05) is 13.1 Å². The van der Waals surface area contributed by atoms with E-state index in [0.717, 1.165) is 6.42 Å². The first-order valence-corrected chi connectivity index (χ1v) is 7.24. The molecule has 102 valence electrons. The number of carbonyl (C=O) groups is 1. The van der Waals surface area contributed by atoms with Gasteiger partial charge >= 0.3 is 0 Å². The van der Waals surface area contributed by atoms with Gasteiger partial charge in [-0.25, -0.2) is 13.6 Å². The molecule has 0 fully saturated rings. The van der Waals surface area contributed by atoms with Crippen LogP contribution in [0.1, 0.15) is 36.5 Å². The Morgan fingerprint density at radius 2 is 2.06 bits per heavy atom. The van der Waals surface area contributed by atoms with E-state index in [1.54, 1.807) is 0 Å². The lowest BCUT2D eigenvalue weighted by molar-refractivity contribution is 0.0754. The van der Waals surface area contributed by atoms with Gasteiger partial charge in [0.25, 0.3) is 5.91 Å². The number of sulfonamides is 1. The Bertz CT molecular complexity index is 535. The zero-order chi connectivity index (χ0) is 13.9. The largest absolute Gasteiger partial charge is 0.338 e. The average Bonchev–Trinajstić information content (AvgIpc) is 2.66. The third-order valence-corrected chi connectivity index (χ3v) is 3.61. The molecule has 0 saturated carbocycles. The van der Waals surface area contributed by atoms with Crippen molar-refractivity contribution in [1.29, 1.82) is 0 Å². The van der Waals surface area contributed by atoms with Crippen molar-refractivity contribution < 1.29 is 13.2 Å². The molecule has 0 atom stereocenters. The molecular weight excluding hydrogens is 256 g/mol. The van der Waals surface area contributed by atoms with Gasteiger partial charge in [-0.05, 0) is 20.3 Å². The minimum absolute atomic E-state index is 0.134. The molecular formula is C10H18N4O3S. The molecule has 0 spiro atoms. The van der Waals surface area contributed by atoms with Crippen molar-refractivity contribution in [3.63, 3.8) is 0 Å². The molecule has 18 heavy (non-hydrogen) atoms. The molecule has 1 aromatic rings. The number of H-pyrrole nitrogens is 1. The molecule has 1 amide bonds. The van der Waals surface area contributed by atoms with Gasteiger partial charge in [-0.3, -0.25) is 9.89 Å². The molecule has 0 aliphatic heterocycles. The predicted molar refractivity (Wildman–Crippen MR) is 66.6 cm³/mol. The summed E-state index contributed by atoms with van der Waals surface area (Å²) in [5, 5.41) is 11.3. The summed E-state index contributed by atoms with van der Waals surface area (Å²) < 4.78 is 22.9. The Balaban J connectivity index is 3.22. The first kappa shape index (κ1) is 14.7. The number of primary sulfonamides is 1. The minimum Gasteiger partial charge on any atom is -0.338 e. The van der Waals surface area contributed by atoms with Crippen LogP contribution in [0, 0.1) is 6.92 Å². The molecule has 0 saturated heterocycles. The summed E-state index contributed by atoms with van der Waals surface area (Å²) in [6.45, 7) is 6.31. The van der Waals surface area contributed by atoms with Crippen molar-refractivity contribution in [2.45, 2.75) is 32.1 Å². The summed E-state index contributed by atoms with van der Waals surface area (Å²) in [5.41, 5.74) is 0.138. The maximum absolute atomic E-state index is 12.2. The van der Waals surface area contributed by atoms with E-state index >= 15 is 0 Å². The van der Waals surface area contributed by atoms with Crippen LogP contribution in [0.2, 0.25) is 0 Å². The molecule has 7 nitrogen and oxygen atoms in total. The molecule has 8 heteroatoms. The van der Waals surface area contributed by atoms with E-state index in [-0.39, 0.29) is 16.3 Å². The van der Waals surface area contributed by atoms with Crippen LogP contribution in [0.15, 0.2) is 4.90 Å². The van der Waals surface area contributed by atoms with Crippen LogP contribution < -0.4 is 5.14 Å². The van der Waals surface area contributed by atoms with Crippen molar-refractivity contribution >= 4 is 15.9 Å². The number of carbonyl (C=O) groups excluding carboxylic acids is 1. The number of aromatic nitrogens is 2. The fourth-order valence-corrected chi connectivity index (χ4v) is 2.61. The Labute approximate surface area is 106 Å². The molecule has 0 bridgehead atoms. The van der Waals surface area contributed by atoms with Gasteiger partial charge in [-0.15, -0.1) is 0 Å². The zero-order valence-corrected chi connectivity index (χ0v) is 11.5. The topological polar surface area (TPSA) is 109 Å². The smallest absolute Gasteiger partial charge is 0.275 e. The summed E-state index contributed by atoms with van der Waals surface area (Å²) in [4.78, 5) is 13.5. The van der Waals surface area contributed by atoms with Gasteiger partial charge in [0.15, 0.2) is 5.69 Å². The molecule has 0 aliphatic carbocycles. The Morgan fingerprint density at radius 1 is 1.44 bits per heavy atom. The second-order valence-corrected chi connectivity index (χ2v) is 5.45. The molecule has 0 radical (unpaired) electrons. The third kappa shape index (κ3) is 2.88. The highest BCUT2D eigenvalue weighted by molar-refractivity contribution is 7.89. The van der Waals surface area contributed by atoms with Crippen LogP contribution in [0.3, 0.4) is 0 Å². The van der Waals surface area contributed by atoms with Crippen molar-refractivity contribution in [2.75, 3.05) is 13.1 Å². The lowest BCUT2D eigenvalue weighted by atomic mass is 10.3. The van der Waals surface area contributed by atoms with Gasteiger partial charge < -0.3 is 4.90 Å². The van der Waals surface area contributed by atoms with Gasteiger partial charge in [0.2, 0.25) is 10.0 Å². The summed E-state index contributed by atoms with van der Waals surface area (Å²) in [5.74, 6) is -0.423. The Kier molecular flexibility index (Phi) is 4.47. The molecule has 1 heterocycles. The number of rotatable bonds is 5. The van der Waals surface area contributed by atoms with Crippen LogP contribution in [0.4, 0.5) is 0 Å². The molecule has 1 aromatic heterocycles. The van der Waals surface area contributed by atoms with Crippen LogP contribution >= 0.6 is 0 Å². The van der Waals surface area contributed by atoms with Crippen LogP contribution in [-0.2, 0) is 10.0 Å².